The molecule has 1 saturated heterocycles. The van der Waals surface area contributed by atoms with Gasteiger partial charge in [-0.15, -0.1) is 0 Å². The number of rotatable bonds is 5. The molecular formula is C34H41N3O3. The normalized spacial score (nSPS) is 28.9. The highest BCUT2D eigenvalue weighted by molar-refractivity contribution is 6.13. The third-order valence-electron chi connectivity index (χ3n) is 9.33. The summed E-state index contributed by atoms with van der Waals surface area (Å²) >= 11 is 0. The zero-order chi connectivity index (χ0) is 27.9. The van der Waals surface area contributed by atoms with Crippen LogP contribution in [0.5, 0.6) is 0 Å². The zero-order valence-corrected chi connectivity index (χ0v) is 24.0. The third-order valence-corrected chi connectivity index (χ3v) is 9.33. The van der Waals surface area contributed by atoms with Gasteiger partial charge in [-0.25, -0.2) is 9.79 Å². The van der Waals surface area contributed by atoms with Crippen LogP contribution in [0.3, 0.4) is 0 Å². The monoisotopic (exact) mass is 539 g/mol. The van der Waals surface area contributed by atoms with Gasteiger partial charge in [0.05, 0.1) is 12.2 Å². The van der Waals surface area contributed by atoms with Crippen molar-refractivity contribution in [3.05, 3.63) is 64.9 Å². The van der Waals surface area contributed by atoms with Crippen molar-refractivity contribution in [2.45, 2.75) is 71.1 Å². The van der Waals surface area contributed by atoms with Crippen LogP contribution in [0.2, 0.25) is 0 Å². The summed E-state index contributed by atoms with van der Waals surface area (Å²) in [7, 11) is 0. The second kappa shape index (κ2) is 10.9. The number of nitrogens with zero attached hydrogens (tertiary/aromatic N) is 2. The lowest BCUT2D eigenvalue weighted by atomic mass is 9.54. The molecule has 2 unspecified atom stereocenters. The Morgan fingerprint density at radius 2 is 1.77 bits per heavy atom. The van der Waals surface area contributed by atoms with Crippen molar-refractivity contribution in [2.75, 3.05) is 19.7 Å². The van der Waals surface area contributed by atoms with Crippen molar-refractivity contribution >= 4 is 23.9 Å². The molecule has 210 valence electrons. The van der Waals surface area contributed by atoms with Gasteiger partial charge < -0.3 is 9.64 Å². The summed E-state index contributed by atoms with van der Waals surface area (Å²) in [5.74, 6) is 2.30. The molecule has 40 heavy (non-hydrogen) atoms. The molecule has 0 radical (unpaired) electrons. The van der Waals surface area contributed by atoms with Gasteiger partial charge in [-0.3, -0.25) is 10.1 Å². The lowest BCUT2D eigenvalue weighted by Gasteiger charge is -2.51. The van der Waals surface area contributed by atoms with Gasteiger partial charge >= 0.3 is 5.97 Å². The fourth-order valence-electron chi connectivity index (χ4n) is 8.08. The summed E-state index contributed by atoms with van der Waals surface area (Å²) in [6.07, 6.45) is 10.1. The Labute approximate surface area is 237 Å². The lowest BCUT2D eigenvalue weighted by Crippen LogP contribution is -2.43. The molecule has 3 fully saturated rings. The van der Waals surface area contributed by atoms with E-state index in [1.54, 1.807) is 0 Å². The van der Waals surface area contributed by atoms with E-state index in [0.717, 1.165) is 73.0 Å². The Morgan fingerprint density at radius 1 is 1.05 bits per heavy atom. The molecule has 1 amide bonds. The molecule has 2 aromatic carbocycles. The molecule has 2 aromatic rings. The van der Waals surface area contributed by atoms with Crippen LogP contribution in [0, 0.1) is 17.8 Å². The average molecular weight is 540 g/mol. The fourth-order valence-corrected chi connectivity index (χ4v) is 8.08. The largest absolute Gasteiger partial charge is 0.462 e. The zero-order valence-electron chi connectivity index (χ0n) is 24.0. The SMILES string of the molecule is CCOC(=O)c1ccc(-c2cccc(/C=C3\N=C(N4CCCC4)NC3=O)c2)cc1C12CC(C)CC(CC(C)C1)C2. The van der Waals surface area contributed by atoms with Crippen LogP contribution in [-0.2, 0) is 14.9 Å². The molecule has 4 aliphatic rings. The minimum atomic E-state index is -0.219. The molecule has 6 rings (SSSR count). The van der Waals surface area contributed by atoms with E-state index in [1.807, 2.05) is 37.3 Å². The fraction of sp³-hybridized carbons (Fsp3) is 0.500. The number of hydrogen-bond donors (Lipinski definition) is 1. The summed E-state index contributed by atoms with van der Waals surface area (Å²) in [5.41, 5.74) is 5.40. The van der Waals surface area contributed by atoms with Gasteiger partial charge in [0.25, 0.3) is 5.91 Å². The van der Waals surface area contributed by atoms with Crippen molar-refractivity contribution in [1.29, 1.82) is 0 Å². The van der Waals surface area contributed by atoms with Crippen LogP contribution >= 0.6 is 0 Å². The first kappa shape index (κ1) is 26.8. The van der Waals surface area contributed by atoms with Gasteiger partial charge in [0, 0.05) is 13.1 Å². The van der Waals surface area contributed by atoms with Crippen molar-refractivity contribution in [3.8, 4) is 11.1 Å². The maximum atomic E-state index is 13.2. The van der Waals surface area contributed by atoms with Crippen LogP contribution in [0.1, 0.15) is 87.2 Å². The molecule has 0 spiro atoms. The maximum absolute atomic E-state index is 13.2. The number of esters is 1. The van der Waals surface area contributed by atoms with Crippen LogP contribution in [-0.4, -0.2) is 42.4 Å². The molecule has 2 aliphatic heterocycles. The minimum Gasteiger partial charge on any atom is -0.462 e. The quantitative estimate of drug-likeness (QED) is 0.345. The first-order valence-corrected chi connectivity index (χ1v) is 15.1. The first-order chi connectivity index (χ1) is 19.3. The molecule has 6 heteroatoms. The number of ether oxygens (including phenoxy) is 1. The van der Waals surface area contributed by atoms with E-state index >= 15 is 0 Å². The van der Waals surface area contributed by atoms with E-state index in [1.165, 1.54) is 12.8 Å². The van der Waals surface area contributed by atoms with Crippen molar-refractivity contribution in [2.24, 2.45) is 22.7 Å². The molecule has 2 aliphatic carbocycles. The Balaban J connectivity index is 1.37. The van der Waals surface area contributed by atoms with E-state index in [2.05, 4.69) is 47.3 Å². The van der Waals surface area contributed by atoms with E-state index in [9.17, 15) is 9.59 Å². The van der Waals surface area contributed by atoms with Gasteiger partial charge in [0.1, 0.15) is 5.70 Å². The second-order valence-electron chi connectivity index (χ2n) is 12.7. The average Bonchev–Trinajstić information content (AvgIpc) is 3.58. The highest BCUT2D eigenvalue weighted by Crippen LogP contribution is 2.55. The summed E-state index contributed by atoms with van der Waals surface area (Å²) in [5, 5.41) is 2.93. The number of amides is 1. The molecule has 2 bridgehead atoms. The third kappa shape index (κ3) is 5.21. The van der Waals surface area contributed by atoms with E-state index in [0.29, 0.717) is 36.0 Å². The standard InChI is InChI=1S/C34H41N3O3/c1-4-40-32(39)28-11-10-27(18-29(28)34-19-22(2)14-25(21-34)15-23(3)20-34)26-9-7-8-24(16-26)17-30-31(38)36-33(35-30)37-12-5-6-13-37/h7-11,16-18,22-23,25H,4-6,12-15,19-21H2,1-3H3,(H,35,36,38)/b30-17-. The number of aliphatic imine (C=N–C) groups is 1. The Bertz CT molecular complexity index is 1350. The summed E-state index contributed by atoms with van der Waals surface area (Å²) in [6.45, 7) is 8.86. The molecule has 2 saturated carbocycles. The van der Waals surface area contributed by atoms with Crippen molar-refractivity contribution < 1.29 is 14.3 Å². The smallest absolute Gasteiger partial charge is 0.338 e. The van der Waals surface area contributed by atoms with Crippen molar-refractivity contribution in [3.63, 3.8) is 0 Å². The predicted molar refractivity (Wildman–Crippen MR) is 159 cm³/mol. The summed E-state index contributed by atoms with van der Waals surface area (Å²) < 4.78 is 5.54. The maximum Gasteiger partial charge on any atom is 0.338 e. The summed E-state index contributed by atoms with van der Waals surface area (Å²) in [6, 6.07) is 14.5. The van der Waals surface area contributed by atoms with Crippen LogP contribution in [0.4, 0.5) is 0 Å². The van der Waals surface area contributed by atoms with Gasteiger partial charge in [0.15, 0.2) is 0 Å². The van der Waals surface area contributed by atoms with Gasteiger partial charge in [0.2, 0.25) is 5.96 Å². The van der Waals surface area contributed by atoms with Gasteiger partial charge in [-0.2, -0.15) is 0 Å². The van der Waals surface area contributed by atoms with Crippen molar-refractivity contribution in [1.82, 2.24) is 10.2 Å². The van der Waals surface area contributed by atoms with E-state index < -0.39 is 0 Å². The molecule has 2 heterocycles. The number of guanidine groups is 1. The van der Waals surface area contributed by atoms with Crippen LogP contribution < -0.4 is 5.32 Å². The first-order valence-electron chi connectivity index (χ1n) is 15.1. The molecule has 6 nitrogen and oxygen atoms in total. The topological polar surface area (TPSA) is 71.0 Å². The van der Waals surface area contributed by atoms with Gasteiger partial charge in [-0.05, 0) is 122 Å². The highest BCUT2D eigenvalue weighted by atomic mass is 16.5. The lowest BCUT2D eigenvalue weighted by molar-refractivity contribution is -0.115. The predicted octanol–water partition coefficient (Wildman–Crippen LogP) is 6.56. The number of carbonyl (C=O) groups is 2. The van der Waals surface area contributed by atoms with E-state index in [-0.39, 0.29) is 17.3 Å². The number of fused-ring (bicyclic) bond motifs is 2. The Kier molecular flexibility index (Phi) is 7.28. The Hall–Kier alpha value is -3.41. The second-order valence-corrected chi connectivity index (χ2v) is 12.7. The van der Waals surface area contributed by atoms with Crippen LogP contribution in [0.25, 0.3) is 17.2 Å². The van der Waals surface area contributed by atoms with Gasteiger partial charge in [-0.1, -0.05) is 38.1 Å². The molecule has 1 N–H and O–H groups in total. The number of carbonyl (C=O) groups excluding carboxylic acids is 2. The molecule has 0 aromatic heterocycles. The van der Waals surface area contributed by atoms with E-state index in [4.69, 9.17) is 4.74 Å². The highest BCUT2D eigenvalue weighted by Gasteiger charge is 2.46. The number of hydrogen-bond acceptors (Lipinski definition) is 5. The molecule has 2 atom stereocenters. The molecular weight excluding hydrogens is 498 g/mol. The number of likely N-dealkylation sites (tertiary alicyclic amines) is 1. The number of nitrogens with one attached hydrogen (secondary N) is 1. The summed E-state index contributed by atoms with van der Waals surface area (Å²) in [4.78, 5) is 32.6. The Morgan fingerprint density at radius 3 is 2.50 bits per heavy atom. The van der Waals surface area contributed by atoms with Crippen LogP contribution in [0.15, 0.2) is 53.2 Å². The number of benzene rings is 2. The minimum absolute atomic E-state index is 0.000313.